The summed E-state index contributed by atoms with van der Waals surface area (Å²) in [7, 11) is 1.54. The Morgan fingerprint density at radius 2 is 0.829 bits per heavy atom. The highest BCUT2D eigenvalue weighted by molar-refractivity contribution is 6.08. The van der Waals surface area contributed by atoms with Gasteiger partial charge < -0.3 is 4.74 Å². The standard InChI is InChI=1S/C10H18O2.C9H15NO2.C8H12O3/c1-7(11)9(3,4)10(5,6)8(2)12;1-8(2)6(11)10(5)7(12)9(8,3)4;1-7(2)5(9)11-6(10)8(7,3)4/h1-6H3;1-5H3;1-4H3. The molecule has 35 heavy (non-hydrogen) atoms. The van der Waals surface area contributed by atoms with Crippen LogP contribution in [0, 0.1) is 32.5 Å². The monoisotopic (exact) mass is 495 g/mol. The minimum absolute atomic E-state index is 0.0581. The predicted octanol–water partition coefficient (Wildman–Crippen LogP) is 4.38. The van der Waals surface area contributed by atoms with E-state index in [2.05, 4.69) is 4.74 Å². The van der Waals surface area contributed by atoms with Gasteiger partial charge in [0.05, 0.1) is 21.7 Å². The average molecular weight is 496 g/mol. The summed E-state index contributed by atoms with van der Waals surface area (Å²) in [4.78, 5) is 69.0. The molecule has 200 valence electrons. The lowest BCUT2D eigenvalue weighted by molar-refractivity contribution is -0.155. The number of nitrogens with zero attached hydrogens (tertiary/aromatic N) is 1. The lowest BCUT2D eigenvalue weighted by Gasteiger charge is -2.37. The van der Waals surface area contributed by atoms with Crippen molar-refractivity contribution in [2.75, 3.05) is 7.05 Å². The van der Waals surface area contributed by atoms with E-state index in [4.69, 9.17) is 0 Å². The van der Waals surface area contributed by atoms with Crippen LogP contribution in [-0.4, -0.2) is 47.3 Å². The van der Waals surface area contributed by atoms with Crippen LogP contribution in [0.5, 0.6) is 0 Å². The molecule has 0 aromatic heterocycles. The van der Waals surface area contributed by atoms with Gasteiger partial charge in [0.2, 0.25) is 11.8 Å². The second kappa shape index (κ2) is 9.58. The maximum Gasteiger partial charge on any atom is 0.320 e. The van der Waals surface area contributed by atoms with Crippen molar-refractivity contribution >= 4 is 35.3 Å². The van der Waals surface area contributed by atoms with Crippen molar-refractivity contribution in [3.63, 3.8) is 0 Å². The molecule has 2 heterocycles. The Labute approximate surface area is 210 Å². The maximum atomic E-state index is 11.6. The number of likely N-dealkylation sites (tertiary alicyclic amines) is 1. The Morgan fingerprint density at radius 1 is 0.600 bits per heavy atom. The zero-order valence-electron chi connectivity index (χ0n) is 24.3. The molecule has 0 aliphatic carbocycles. The van der Waals surface area contributed by atoms with Crippen molar-refractivity contribution in [1.82, 2.24) is 4.90 Å². The molecule has 0 saturated carbocycles. The van der Waals surface area contributed by atoms with Gasteiger partial charge in [0, 0.05) is 17.9 Å². The van der Waals surface area contributed by atoms with E-state index in [0.717, 1.165) is 0 Å². The number of rotatable bonds is 3. The summed E-state index contributed by atoms with van der Waals surface area (Å²) < 4.78 is 4.51. The summed E-state index contributed by atoms with van der Waals surface area (Å²) in [5.41, 5.74) is -3.66. The Balaban J connectivity index is 0.000000496. The van der Waals surface area contributed by atoms with Gasteiger partial charge in [-0.1, -0.05) is 27.7 Å². The summed E-state index contributed by atoms with van der Waals surface area (Å²) in [6.45, 7) is 24.5. The molecule has 2 fully saturated rings. The number of imide groups is 1. The first-order chi connectivity index (χ1) is 15.2. The van der Waals surface area contributed by atoms with Crippen molar-refractivity contribution in [3.05, 3.63) is 0 Å². The first kappa shape index (κ1) is 32.6. The lowest BCUT2D eigenvalue weighted by atomic mass is 9.64. The number of hydrogen-bond acceptors (Lipinski definition) is 7. The van der Waals surface area contributed by atoms with Crippen LogP contribution in [0.2, 0.25) is 0 Å². The second-order valence-corrected chi connectivity index (χ2v) is 12.7. The fraction of sp³-hybridized carbons (Fsp3) is 0.778. The average Bonchev–Trinajstić information content (AvgIpc) is 2.90. The molecule has 0 aromatic rings. The number of esters is 2. The zero-order chi connectivity index (χ0) is 28.7. The van der Waals surface area contributed by atoms with Gasteiger partial charge in [-0.05, 0) is 69.2 Å². The van der Waals surface area contributed by atoms with Gasteiger partial charge in [0.25, 0.3) is 0 Å². The number of amides is 2. The third kappa shape index (κ3) is 5.26. The molecule has 2 amide bonds. The molecule has 0 aromatic carbocycles. The van der Waals surface area contributed by atoms with E-state index in [0.29, 0.717) is 0 Å². The lowest BCUT2D eigenvalue weighted by Crippen LogP contribution is -2.43. The summed E-state index contributed by atoms with van der Waals surface area (Å²) in [5.74, 6) is -0.902. The molecule has 0 bridgehead atoms. The van der Waals surface area contributed by atoms with E-state index >= 15 is 0 Å². The molecule has 0 spiro atoms. The largest absolute Gasteiger partial charge is 0.392 e. The highest BCUT2D eigenvalue weighted by Gasteiger charge is 2.58. The first-order valence-electron chi connectivity index (χ1n) is 11.8. The van der Waals surface area contributed by atoms with Crippen molar-refractivity contribution in [2.24, 2.45) is 32.5 Å². The number of carbonyl (C=O) groups excluding carboxylic acids is 6. The first-order valence-corrected chi connectivity index (χ1v) is 11.8. The quantitative estimate of drug-likeness (QED) is 0.324. The van der Waals surface area contributed by atoms with Crippen molar-refractivity contribution < 1.29 is 33.5 Å². The normalized spacial score (nSPS) is 22.0. The number of carbonyl (C=O) groups is 6. The van der Waals surface area contributed by atoms with Crippen LogP contribution in [0.15, 0.2) is 0 Å². The molecular weight excluding hydrogens is 450 g/mol. The minimum atomic E-state index is -0.690. The number of ketones is 2. The van der Waals surface area contributed by atoms with Crippen LogP contribution >= 0.6 is 0 Å². The molecule has 2 saturated heterocycles. The third-order valence-electron chi connectivity index (χ3n) is 9.33. The molecule has 8 nitrogen and oxygen atoms in total. The third-order valence-corrected chi connectivity index (χ3v) is 9.33. The molecule has 2 aliphatic rings. The van der Waals surface area contributed by atoms with E-state index in [1.54, 1.807) is 34.7 Å². The molecule has 0 unspecified atom stereocenters. The van der Waals surface area contributed by atoms with Crippen molar-refractivity contribution in [1.29, 1.82) is 0 Å². The van der Waals surface area contributed by atoms with E-state index < -0.39 is 44.4 Å². The van der Waals surface area contributed by atoms with Gasteiger partial charge in [0.1, 0.15) is 11.6 Å². The Bertz CT molecular complexity index is 847. The molecule has 0 radical (unpaired) electrons. The van der Waals surface area contributed by atoms with Gasteiger partial charge in [0.15, 0.2) is 0 Å². The summed E-state index contributed by atoms with van der Waals surface area (Å²) >= 11 is 0. The summed E-state index contributed by atoms with van der Waals surface area (Å²) in [6, 6.07) is 0. The van der Waals surface area contributed by atoms with E-state index in [1.165, 1.54) is 18.7 Å². The van der Waals surface area contributed by atoms with Gasteiger partial charge in [-0.2, -0.15) is 0 Å². The predicted molar refractivity (Wildman–Crippen MR) is 133 cm³/mol. The number of ether oxygens (including phenoxy) is 1. The molecular formula is C27H45NO7. The number of cyclic esters (lactones) is 2. The maximum absolute atomic E-state index is 11.6. The Morgan fingerprint density at radius 3 is 0.914 bits per heavy atom. The smallest absolute Gasteiger partial charge is 0.320 e. The highest BCUT2D eigenvalue weighted by atomic mass is 16.6. The summed E-state index contributed by atoms with van der Waals surface area (Å²) in [6.07, 6.45) is 0. The van der Waals surface area contributed by atoms with Crippen LogP contribution in [0.3, 0.4) is 0 Å². The molecule has 8 heteroatoms. The van der Waals surface area contributed by atoms with E-state index in [9.17, 15) is 28.8 Å². The van der Waals surface area contributed by atoms with Gasteiger partial charge in [-0.3, -0.25) is 33.7 Å². The molecule has 0 N–H and O–H groups in total. The van der Waals surface area contributed by atoms with Crippen LogP contribution in [0.25, 0.3) is 0 Å². The van der Waals surface area contributed by atoms with Crippen LogP contribution in [0.4, 0.5) is 0 Å². The topological polar surface area (TPSA) is 115 Å². The fourth-order valence-electron chi connectivity index (χ4n) is 3.20. The van der Waals surface area contributed by atoms with Crippen LogP contribution in [0.1, 0.15) is 96.9 Å². The fourth-order valence-corrected chi connectivity index (χ4v) is 3.20. The SMILES string of the molecule is CC(=O)C(C)(C)C(C)(C)C(C)=O.CC1(C)C(=O)OC(=O)C1(C)C.CN1C(=O)C(C)(C)C(C)(C)C1=O. The molecule has 2 aliphatic heterocycles. The second-order valence-electron chi connectivity index (χ2n) is 12.7. The van der Waals surface area contributed by atoms with Gasteiger partial charge in [-0.25, -0.2) is 0 Å². The van der Waals surface area contributed by atoms with Crippen LogP contribution in [-0.2, 0) is 33.5 Å². The highest BCUT2D eigenvalue weighted by Crippen LogP contribution is 2.47. The van der Waals surface area contributed by atoms with Crippen molar-refractivity contribution in [3.8, 4) is 0 Å². The minimum Gasteiger partial charge on any atom is -0.392 e. The summed E-state index contributed by atoms with van der Waals surface area (Å²) in [5, 5.41) is 0. The van der Waals surface area contributed by atoms with Gasteiger partial charge in [-0.15, -0.1) is 0 Å². The molecule has 0 atom stereocenters. The number of hydrogen-bond donors (Lipinski definition) is 0. The number of Topliss-reactive ketones (excluding diaryl/α,β-unsaturated/α-hetero) is 2. The van der Waals surface area contributed by atoms with Gasteiger partial charge >= 0.3 is 11.9 Å². The van der Waals surface area contributed by atoms with Crippen molar-refractivity contribution in [2.45, 2.75) is 96.9 Å². The van der Waals surface area contributed by atoms with E-state index in [1.807, 2.05) is 55.4 Å². The molecule has 2 rings (SSSR count). The zero-order valence-corrected chi connectivity index (χ0v) is 24.3. The Hall–Kier alpha value is -2.38. The van der Waals surface area contributed by atoms with Crippen LogP contribution < -0.4 is 0 Å². The Kier molecular flexibility index (Phi) is 8.93. The van der Waals surface area contributed by atoms with E-state index in [-0.39, 0.29) is 23.4 Å².